The van der Waals surface area contributed by atoms with Crippen molar-refractivity contribution >= 4 is 41.4 Å². The van der Waals surface area contributed by atoms with Crippen molar-refractivity contribution in [2.24, 2.45) is 5.73 Å². The summed E-state index contributed by atoms with van der Waals surface area (Å²) < 4.78 is 13.4. The van der Waals surface area contributed by atoms with Gasteiger partial charge in [-0.1, -0.05) is 18.2 Å². The first-order chi connectivity index (χ1) is 8.63. The maximum absolute atomic E-state index is 13.4. The molecule has 0 bridgehead atoms. The highest BCUT2D eigenvalue weighted by molar-refractivity contribution is 8.18. The average molecular weight is 303 g/mol. The molecule has 0 spiro atoms. The van der Waals surface area contributed by atoms with Gasteiger partial charge in [0.15, 0.2) is 0 Å². The fourth-order valence-electron chi connectivity index (χ4n) is 1.56. The zero-order valence-corrected chi connectivity index (χ0v) is 11.5. The number of nitrogens with zero attached hydrogens (tertiary/aromatic N) is 1. The van der Waals surface area contributed by atoms with Crippen LogP contribution in [0.2, 0.25) is 0 Å². The lowest BCUT2D eigenvalue weighted by Gasteiger charge is -2.09. The van der Waals surface area contributed by atoms with Gasteiger partial charge in [0.05, 0.1) is 4.91 Å². The maximum atomic E-state index is 13.4. The van der Waals surface area contributed by atoms with E-state index in [9.17, 15) is 14.0 Å². The third kappa shape index (κ3) is 3.34. The van der Waals surface area contributed by atoms with E-state index < -0.39 is 11.7 Å². The van der Waals surface area contributed by atoms with Crippen molar-refractivity contribution in [3.8, 4) is 0 Å². The molecule has 0 atom stereocenters. The molecule has 1 heterocycles. The van der Waals surface area contributed by atoms with E-state index in [-0.39, 0.29) is 41.2 Å². The Labute approximate surface area is 120 Å². The Balaban J connectivity index is 0.00000180. The molecule has 0 saturated carbocycles. The summed E-state index contributed by atoms with van der Waals surface area (Å²) in [7, 11) is 0. The highest BCUT2D eigenvalue weighted by atomic mass is 35.5. The molecule has 2 N–H and O–H groups in total. The number of rotatable bonds is 3. The number of thioether (sulfide) groups is 1. The van der Waals surface area contributed by atoms with Gasteiger partial charge in [-0.15, -0.1) is 12.4 Å². The minimum atomic E-state index is -0.428. The second kappa shape index (κ2) is 6.70. The smallest absolute Gasteiger partial charge is 0.293 e. The van der Waals surface area contributed by atoms with Gasteiger partial charge < -0.3 is 5.73 Å². The number of hydrogen-bond acceptors (Lipinski definition) is 4. The third-order valence-electron chi connectivity index (χ3n) is 2.42. The molecule has 19 heavy (non-hydrogen) atoms. The molecule has 7 heteroatoms. The predicted molar refractivity (Wildman–Crippen MR) is 75.4 cm³/mol. The summed E-state index contributed by atoms with van der Waals surface area (Å²) in [4.78, 5) is 24.7. The standard InChI is InChI=1S/C12H11FN2O2S.ClH/c13-9-4-2-1-3-8(9)7-10-11(16)15(6-5-14)12(17)18-10;/h1-4,7H,5-6,14H2;1H/b10-7-;. The first-order valence-electron chi connectivity index (χ1n) is 5.33. The van der Waals surface area contributed by atoms with Crippen LogP contribution in [-0.2, 0) is 4.79 Å². The van der Waals surface area contributed by atoms with Crippen LogP contribution in [0.3, 0.4) is 0 Å². The number of benzene rings is 1. The van der Waals surface area contributed by atoms with Gasteiger partial charge in [-0.25, -0.2) is 4.39 Å². The van der Waals surface area contributed by atoms with Crippen molar-refractivity contribution in [2.75, 3.05) is 13.1 Å². The van der Waals surface area contributed by atoms with Crippen LogP contribution in [0.4, 0.5) is 9.18 Å². The summed E-state index contributed by atoms with van der Waals surface area (Å²) in [5, 5.41) is -0.368. The summed E-state index contributed by atoms with van der Waals surface area (Å²) >= 11 is 0.802. The molecule has 2 rings (SSSR count). The van der Waals surface area contributed by atoms with Crippen LogP contribution >= 0.6 is 24.2 Å². The summed E-state index contributed by atoms with van der Waals surface area (Å²) in [6.45, 7) is 0.393. The van der Waals surface area contributed by atoms with Crippen molar-refractivity contribution in [2.45, 2.75) is 0 Å². The number of halogens is 2. The Morgan fingerprint density at radius 3 is 2.63 bits per heavy atom. The molecule has 1 aromatic rings. The average Bonchev–Trinajstić information content (AvgIpc) is 2.60. The van der Waals surface area contributed by atoms with Gasteiger partial charge in [0.2, 0.25) is 0 Å². The highest BCUT2D eigenvalue weighted by Crippen LogP contribution is 2.32. The maximum Gasteiger partial charge on any atom is 0.293 e. The van der Waals surface area contributed by atoms with Gasteiger partial charge in [-0.05, 0) is 23.9 Å². The van der Waals surface area contributed by atoms with E-state index in [4.69, 9.17) is 5.73 Å². The van der Waals surface area contributed by atoms with Crippen LogP contribution in [0.15, 0.2) is 29.2 Å². The number of imide groups is 1. The second-order valence-corrected chi connectivity index (χ2v) is 4.64. The van der Waals surface area contributed by atoms with Crippen molar-refractivity contribution in [3.05, 3.63) is 40.6 Å². The SMILES string of the molecule is Cl.NCCN1C(=O)S/C(=C\c2ccccc2F)C1=O. The van der Waals surface area contributed by atoms with Crippen molar-refractivity contribution in [3.63, 3.8) is 0 Å². The van der Waals surface area contributed by atoms with Gasteiger partial charge in [-0.3, -0.25) is 14.5 Å². The zero-order valence-electron chi connectivity index (χ0n) is 9.84. The molecule has 0 aliphatic carbocycles. The monoisotopic (exact) mass is 302 g/mol. The fraction of sp³-hybridized carbons (Fsp3) is 0.167. The summed E-state index contributed by atoms with van der Waals surface area (Å²) in [6, 6.07) is 6.08. The number of carbonyl (C=O) groups is 2. The van der Waals surface area contributed by atoms with Crippen LogP contribution < -0.4 is 5.73 Å². The van der Waals surface area contributed by atoms with Crippen molar-refractivity contribution in [1.29, 1.82) is 0 Å². The number of hydrogen-bond donors (Lipinski definition) is 1. The number of carbonyl (C=O) groups excluding carboxylic acids is 2. The largest absolute Gasteiger partial charge is 0.329 e. The molecular weight excluding hydrogens is 291 g/mol. The molecule has 102 valence electrons. The van der Waals surface area contributed by atoms with Crippen LogP contribution in [0.25, 0.3) is 6.08 Å². The topological polar surface area (TPSA) is 63.4 Å². The van der Waals surface area contributed by atoms with Crippen molar-refractivity contribution in [1.82, 2.24) is 4.90 Å². The molecule has 1 fully saturated rings. The molecular formula is C12H12ClFN2O2S. The molecule has 0 radical (unpaired) electrons. The molecule has 0 unspecified atom stereocenters. The molecule has 0 aromatic heterocycles. The predicted octanol–water partition coefficient (Wildman–Crippen LogP) is 2.24. The molecule has 4 nitrogen and oxygen atoms in total. The van der Waals surface area contributed by atoms with Crippen LogP contribution in [-0.4, -0.2) is 29.1 Å². The minimum Gasteiger partial charge on any atom is -0.329 e. The van der Waals surface area contributed by atoms with Gasteiger partial charge in [0, 0.05) is 18.7 Å². The Hall–Kier alpha value is -1.37. The number of amides is 2. The highest BCUT2D eigenvalue weighted by Gasteiger charge is 2.34. The zero-order chi connectivity index (χ0) is 13.1. The number of nitrogens with two attached hydrogens (primary N) is 1. The van der Waals surface area contributed by atoms with Gasteiger partial charge in [-0.2, -0.15) is 0 Å². The van der Waals surface area contributed by atoms with Gasteiger partial charge >= 0.3 is 0 Å². The second-order valence-electron chi connectivity index (χ2n) is 3.64. The van der Waals surface area contributed by atoms with E-state index in [0.29, 0.717) is 0 Å². The molecule has 1 aromatic carbocycles. The van der Waals surface area contributed by atoms with Crippen LogP contribution in [0.5, 0.6) is 0 Å². The van der Waals surface area contributed by atoms with Crippen LogP contribution in [0.1, 0.15) is 5.56 Å². The summed E-state index contributed by atoms with van der Waals surface area (Å²) in [6.07, 6.45) is 1.39. The summed E-state index contributed by atoms with van der Waals surface area (Å²) in [5.41, 5.74) is 5.61. The van der Waals surface area contributed by atoms with Gasteiger partial charge in [0.25, 0.3) is 11.1 Å². The quantitative estimate of drug-likeness (QED) is 0.870. The van der Waals surface area contributed by atoms with Crippen molar-refractivity contribution < 1.29 is 14.0 Å². The lowest BCUT2D eigenvalue weighted by atomic mass is 10.2. The van der Waals surface area contributed by atoms with E-state index in [1.165, 1.54) is 12.1 Å². The Bertz CT molecular complexity index is 536. The lowest BCUT2D eigenvalue weighted by Crippen LogP contribution is -2.33. The Kier molecular flexibility index (Phi) is 5.53. The molecule has 1 saturated heterocycles. The Morgan fingerprint density at radius 1 is 1.32 bits per heavy atom. The van der Waals surface area contributed by atoms with Crippen LogP contribution in [0, 0.1) is 5.82 Å². The lowest BCUT2D eigenvalue weighted by molar-refractivity contribution is -0.122. The van der Waals surface area contributed by atoms with E-state index >= 15 is 0 Å². The Morgan fingerprint density at radius 2 is 2.00 bits per heavy atom. The van der Waals surface area contributed by atoms with E-state index in [0.717, 1.165) is 16.7 Å². The minimum absolute atomic E-state index is 0. The molecule has 2 amide bonds. The van der Waals surface area contributed by atoms with Gasteiger partial charge in [0.1, 0.15) is 5.82 Å². The molecule has 1 aliphatic heterocycles. The first kappa shape index (κ1) is 15.7. The molecule has 1 aliphatic rings. The first-order valence-corrected chi connectivity index (χ1v) is 6.15. The van der Waals surface area contributed by atoms with E-state index in [2.05, 4.69) is 0 Å². The third-order valence-corrected chi connectivity index (χ3v) is 3.33. The van der Waals surface area contributed by atoms with E-state index in [1.807, 2.05) is 0 Å². The normalized spacial score (nSPS) is 16.9. The van der Waals surface area contributed by atoms with E-state index in [1.54, 1.807) is 18.2 Å². The summed E-state index contributed by atoms with van der Waals surface area (Å²) in [5.74, 6) is -0.846. The fourth-order valence-corrected chi connectivity index (χ4v) is 2.41.